The predicted molar refractivity (Wildman–Crippen MR) is 122 cm³/mol. The van der Waals surface area contributed by atoms with Crippen molar-refractivity contribution in [3.63, 3.8) is 0 Å². The molecule has 3 rings (SSSR count). The van der Waals surface area contributed by atoms with Crippen LogP contribution in [0.3, 0.4) is 0 Å². The molecule has 0 bridgehead atoms. The van der Waals surface area contributed by atoms with Crippen LogP contribution in [-0.4, -0.2) is 28.8 Å². The van der Waals surface area contributed by atoms with Gasteiger partial charge in [0.25, 0.3) is 5.69 Å². The summed E-state index contributed by atoms with van der Waals surface area (Å²) in [4.78, 5) is 26.4. The first-order valence-electron chi connectivity index (χ1n) is 9.27. The molecule has 0 saturated heterocycles. The van der Waals surface area contributed by atoms with Gasteiger partial charge in [0.05, 0.1) is 15.0 Å². The predicted octanol–water partition coefficient (Wildman–Crippen LogP) is 5.71. The largest absolute Gasteiger partial charge is 0.489 e. The van der Waals surface area contributed by atoms with Gasteiger partial charge in [-0.15, -0.1) is 0 Å². The van der Waals surface area contributed by atoms with Crippen molar-refractivity contribution >= 4 is 40.6 Å². The van der Waals surface area contributed by atoms with Crippen LogP contribution in [0.25, 0.3) is 0 Å². The number of benzene rings is 3. The average molecular weight is 491 g/mol. The van der Waals surface area contributed by atoms with Crippen LogP contribution in [-0.2, 0) is 16.2 Å². The minimum atomic E-state index is -1.25. The molecule has 3 aromatic carbocycles. The van der Waals surface area contributed by atoms with Crippen LogP contribution in [0.15, 0.2) is 65.8 Å². The van der Waals surface area contributed by atoms with Gasteiger partial charge in [-0.25, -0.2) is 4.79 Å². The lowest BCUT2D eigenvalue weighted by Crippen LogP contribution is -2.17. The van der Waals surface area contributed by atoms with Crippen molar-refractivity contribution in [2.45, 2.75) is 6.61 Å². The summed E-state index contributed by atoms with van der Waals surface area (Å²) in [5, 5.41) is 24.0. The maximum Gasteiger partial charge on any atom is 0.358 e. The minimum Gasteiger partial charge on any atom is -0.489 e. The first kappa shape index (κ1) is 23.8. The molecule has 0 unspecified atom stereocenters. The maximum absolute atomic E-state index is 11.5. The van der Waals surface area contributed by atoms with Crippen LogP contribution in [0.1, 0.15) is 11.1 Å². The summed E-state index contributed by atoms with van der Waals surface area (Å²) >= 11 is 12.6. The molecule has 33 heavy (non-hydrogen) atoms. The number of ether oxygens (including phenoxy) is 2. The van der Waals surface area contributed by atoms with E-state index in [0.717, 1.165) is 0 Å². The number of halogens is 2. The number of nitro benzene ring substituents is 1. The lowest BCUT2D eigenvalue weighted by Gasteiger charge is -2.14. The second-order valence-electron chi connectivity index (χ2n) is 6.44. The van der Waals surface area contributed by atoms with Crippen molar-refractivity contribution in [2.24, 2.45) is 5.16 Å². The molecule has 0 aliphatic heterocycles. The molecule has 0 spiro atoms. The number of nitrogens with zero attached hydrogens (tertiary/aromatic N) is 2. The zero-order valence-electron chi connectivity index (χ0n) is 17.0. The lowest BCUT2D eigenvalue weighted by atomic mass is 10.0. The van der Waals surface area contributed by atoms with E-state index in [0.29, 0.717) is 22.6 Å². The Morgan fingerprint density at radius 3 is 2.27 bits per heavy atom. The molecule has 0 saturated carbocycles. The third-order valence-electron chi connectivity index (χ3n) is 4.29. The van der Waals surface area contributed by atoms with Crippen molar-refractivity contribution in [2.75, 3.05) is 7.11 Å². The van der Waals surface area contributed by atoms with E-state index in [-0.39, 0.29) is 33.8 Å². The summed E-state index contributed by atoms with van der Waals surface area (Å²) in [6, 6.07) is 15.1. The molecule has 0 radical (unpaired) electrons. The Balaban J connectivity index is 1.78. The molecule has 1 N–H and O–H groups in total. The number of carboxylic acid groups (broad SMARTS) is 1. The van der Waals surface area contributed by atoms with Gasteiger partial charge in [0, 0.05) is 29.8 Å². The third-order valence-corrected chi connectivity index (χ3v) is 4.85. The molecule has 0 amide bonds. The fraction of sp³-hybridized carbons (Fsp3) is 0.0909. The minimum absolute atomic E-state index is 0.00139. The van der Waals surface area contributed by atoms with E-state index < -0.39 is 10.9 Å². The normalized spacial score (nSPS) is 11.1. The number of hydrogen-bond acceptors (Lipinski definition) is 7. The SMILES string of the molecule is CO/N=C(/C(=O)O)c1ccccc1COc1cc(Cl)c(Oc2ccc([N+](=O)[O-])cc2)c(Cl)c1. The molecular weight excluding hydrogens is 475 g/mol. The molecular formula is C22H16Cl2N2O7. The van der Waals surface area contributed by atoms with Gasteiger partial charge in [0.1, 0.15) is 25.2 Å². The number of oxime groups is 1. The lowest BCUT2D eigenvalue weighted by molar-refractivity contribution is -0.384. The van der Waals surface area contributed by atoms with Gasteiger partial charge in [-0.1, -0.05) is 52.6 Å². The van der Waals surface area contributed by atoms with Crippen molar-refractivity contribution in [1.82, 2.24) is 0 Å². The number of hydrogen-bond donors (Lipinski definition) is 1. The highest BCUT2D eigenvalue weighted by atomic mass is 35.5. The maximum atomic E-state index is 11.5. The van der Waals surface area contributed by atoms with E-state index in [2.05, 4.69) is 9.99 Å². The van der Waals surface area contributed by atoms with E-state index in [1.54, 1.807) is 24.3 Å². The smallest absolute Gasteiger partial charge is 0.358 e. The molecule has 9 nitrogen and oxygen atoms in total. The number of nitro groups is 1. The summed E-state index contributed by atoms with van der Waals surface area (Å²) in [6.45, 7) is 0.00139. The second kappa shape index (κ2) is 10.7. The Hall–Kier alpha value is -3.82. The fourth-order valence-electron chi connectivity index (χ4n) is 2.80. The second-order valence-corrected chi connectivity index (χ2v) is 7.26. The van der Waals surface area contributed by atoms with Gasteiger partial charge in [0.15, 0.2) is 11.5 Å². The number of non-ortho nitro benzene ring substituents is 1. The van der Waals surface area contributed by atoms with E-state index in [1.807, 2.05) is 0 Å². The monoisotopic (exact) mass is 490 g/mol. The van der Waals surface area contributed by atoms with Crippen LogP contribution < -0.4 is 9.47 Å². The Morgan fingerprint density at radius 1 is 1.06 bits per heavy atom. The van der Waals surface area contributed by atoms with E-state index in [4.69, 9.17) is 32.7 Å². The molecule has 0 atom stereocenters. The van der Waals surface area contributed by atoms with Gasteiger partial charge < -0.3 is 19.4 Å². The molecule has 0 aliphatic carbocycles. The topological polar surface area (TPSA) is 120 Å². The quantitative estimate of drug-likeness (QED) is 0.231. The number of carbonyl (C=O) groups is 1. The van der Waals surface area contributed by atoms with Crippen LogP contribution in [0, 0.1) is 10.1 Å². The average Bonchev–Trinajstić information content (AvgIpc) is 2.79. The summed E-state index contributed by atoms with van der Waals surface area (Å²) in [6.07, 6.45) is 0. The highest BCUT2D eigenvalue weighted by Gasteiger charge is 2.18. The van der Waals surface area contributed by atoms with Crippen LogP contribution in [0.4, 0.5) is 5.69 Å². The zero-order valence-corrected chi connectivity index (χ0v) is 18.5. The van der Waals surface area contributed by atoms with E-state index in [9.17, 15) is 20.0 Å². The van der Waals surface area contributed by atoms with Crippen molar-refractivity contribution in [1.29, 1.82) is 0 Å². The summed E-state index contributed by atoms with van der Waals surface area (Å²) in [5.74, 6) is -0.467. The highest BCUT2D eigenvalue weighted by Crippen LogP contribution is 2.40. The summed E-state index contributed by atoms with van der Waals surface area (Å²) in [5.41, 5.74) is 0.543. The van der Waals surface area contributed by atoms with E-state index in [1.165, 1.54) is 43.5 Å². The van der Waals surface area contributed by atoms with Gasteiger partial charge in [-0.05, 0) is 17.7 Å². The molecule has 11 heteroatoms. The number of aliphatic carboxylic acids is 1. The molecule has 3 aromatic rings. The van der Waals surface area contributed by atoms with Crippen molar-refractivity contribution in [3.8, 4) is 17.2 Å². The molecule has 0 aromatic heterocycles. The van der Waals surface area contributed by atoms with Crippen molar-refractivity contribution in [3.05, 3.63) is 92.0 Å². The Bertz CT molecular complexity index is 1190. The number of carboxylic acids is 1. The highest BCUT2D eigenvalue weighted by molar-refractivity contribution is 6.42. The molecule has 170 valence electrons. The van der Waals surface area contributed by atoms with E-state index >= 15 is 0 Å². The molecule has 0 heterocycles. The van der Waals surface area contributed by atoms with Crippen LogP contribution in [0.5, 0.6) is 17.2 Å². The van der Waals surface area contributed by atoms with Crippen molar-refractivity contribution < 1.29 is 29.1 Å². The zero-order chi connectivity index (χ0) is 24.0. The summed E-state index contributed by atoms with van der Waals surface area (Å²) < 4.78 is 11.4. The van der Waals surface area contributed by atoms with Gasteiger partial charge >= 0.3 is 5.97 Å². The van der Waals surface area contributed by atoms with Gasteiger partial charge in [-0.3, -0.25) is 10.1 Å². The van der Waals surface area contributed by atoms with Crippen LogP contribution >= 0.6 is 23.2 Å². The first-order valence-corrected chi connectivity index (χ1v) is 10.0. The Labute approximate surface area is 197 Å². The fourth-order valence-corrected chi connectivity index (χ4v) is 3.35. The molecule has 0 fully saturated rings. The third kappa shape index (κ3) is 5.91. The summed E-state index contributed by atoms with van der Waals surface area (Å²) in [7, 11) is 1.26. The number of rotatable bonds is 9. The van der Waals surface area contributed by atoms with Gasteiger partial charge in [0.2, 0.25) is 0 Å². The standard InChI is InChI=1S/C22H16Cl2N2O7/c1-31-25-20(22(27)28)17-5-3-2-4-13(17)12-32-16-10-18(23)21(19(24)11-16)33-15-8-6-14(7-9-15)26(29)30/h2-11H,12H2,1H3,(H,27,28)/b25-20+. The first-order chi connectivity index (χ1) is 15.8. The molecule has 0 aliphatic rings. The Morgan fingerprint density at radius 2 is 1.70 bits per heavy atom. The van der Waals surface area contributed by atoms with Gasteiger partial charge in [-0.2, -0.15) is 0 Å². The Kier molecular flexibility index (Phi) is 7.70. The van der Waals surface area contributed by atoms with Crippen LogP contribution in [0.2, 0.25) is 10.0 Å².